The van der Waals surface area contributed by atoms with Gasteiger partial charge in [0.15, 0.2) is 0 Å². The number of fused-ring (bicyclic) bond motifs is 2. The molecule has 2 heteroatoms. The minimum Gasteiger partial charge on any atom is -0.358 e. The maximum atomic E-state index is 2.65. The third-order valence-corrected chi connectivity index (χ3v) is 15.6. The van der Waals surface area contributed by atoms with Crippen molar-refractivity contribution < 1.29 is 25.8 Å². The molecule has 0 aliphatic carbocycles. The van der Waals surface area contributed by atoms with Crippen molar-refractivity contribution in [2.45, 2.75) is 91.1 Å². The molecule has 0 saturated carbocycles. The van der Waals surface area contributed by atoms with Gasteiger partial charge in [-0.3, -0.25) is 0 Å². The second-order valence-electron chi connectivity index (χ2n) is 13.1. The third kappa shape index (κ3) is 7.81. The Balaban J connectivity index is 0.00000208. The molecule has 0 unspecified atom stereocenters. The first-order chi connectivity index (χ1) is 22.1. The Labute approximate surface area is 312 Å². The van der Waals surface area contributed by atoms with Gasteiger partial charge in [0.1, 0.15) is 0 Å². The van der Waals surface area contributed by atoms with Crippen LogP contribution in [0, 0.1) is 14.9 Å². The van der Waals surface area contributed by atoms with Crippen LogP contribution in [0.4, 0.5) is 0 Å². The van der Waals surface area contributed by atoms with Gasteiger partial charge in [-0.25, -0.2) is 0 Å². The Hall–Kier alpha value is -2.81. The van der Waals surface area contributed by atoms with Gasteiger partial charge in [-0.1, -0.05) is 150 Å². The van der Waals surface area contributed by atoms with Gasteiger partial charge >= 0.3 is 25.8 Å². The molecule has 0 amide bonds. The number of aryl methyl sites for hydroxylation is 2. The Morgan fingerprint density at radius 2 is 0.875 bits per heavy atom. The van der Waals surface area contributed by atoms with Crippen molar-refractivity contribution in [3.63, 3.8) is 0 Å². The van der Waals surface area contributed by atoms with Crippen molar-refractivity contribution >= 4 is 40.0 Å². The number of hydrogen-bond acceptors (Lipinski definition) is 0. The van der Waals surface area contributed by atoms with Crippen LogP contribution in [-0.4, -0.2) is 8.07 Å². The van der Waals surface area contributed by atoms with Gasteiger partial charge in [0.2, 0.25) is 0 Å². The smallest absolute Gasteiger partial charge is 0.358 e. The topological polar surface area (TPSA) is 0 Å². The summed E-state index contributed by atoms with van der Waals surface area (Å²) in [4.78, 5) is 0. The fourth-order valence-electron chi connectivity index (χ4n) is 7.90. The number of unbranched alkanes of at least 4 members (excludes halogenated alkanes) is 4. The molecule has 248 valence electrons. The van der Waals surface area contributed by atoms with E-state index in [2.05, 4.69) is 137 Å². The fraction of sp³-hybridized carbons (Fsp3) is 0.304. The van der Waals surface area contributed by atoms with E-state index in [1.54, 1.807) is 10.4 Å². The van der Waals surface area contributed by atoms with Gasteiger partial charge in [0, 0.05) is 0 Å². The average Bonchev–Trinajstić information content (AvgIpc) is 3.73. The second-order valence-corrected chi connectivity index (χ2v) is 17.4. The van der Waals surface area contributed by atoms with Crippen molar-refractivity contribution in [1.29, 1.82) is 0 Å². The number of rotatable bonds is 14. The predicted molar refractivity (Wildman–Crippen MR) is 215 cm³/mol. The Bertz CT molecular complexity index is 1730. The number of hydrogen-bond donors (Lipinski definition) is 0. The first-order valence-corrected chi connectivity index (χ1v) is 20.1. The normalized spacial score (nSPS) is 11.2. The summed E-state index contributed by atoms with van der Waals surface area (Å²) in [5.74, 6) is 0. The predicted octanol–water partition coefficient (Wildman–Crippen LogP) is 12.7. The summed E-state index contributed by atoms with van der Waals surface area (Å²) < 4.78 is 0. The summed E-state index contributed by atoms with van der Waals surface area (Å²) in [6, 6.07) is 45.2. The van der Waals surface area contributed by atoms with Crippen molar-refractivity contribution in [3.05, 3.63) is 135 Å². The minimum absolute atomic E-state index is 0. The summed E-state index contributed by atoms with van der Waals surface area (Å²) in [7, 11) is -2.08. The van der Waals surface area contributed by atoms with E-state index < -0.39 is 8.07 Å². The number of benzene rings is 4. The molecular weight excluding hydrogens is 759 g/mol. The SMILES string of the molecule is CCCCC[Si](CCCCC)(c1cc2c(-c3ccccc3CC)cccc2[cH-]1)c1cc2c(-c3ccccc3CC)cccc2[cH-]1.[CH3-].[CH3-].[Hf+4]. The molecule has 0 saturated heterocycles. The second kappa shape index (κ2) is 18.3. The summed E-state index contributed by atoms with van der Waals surface area (Å²) in [6.45, 7) is 9.26. The molecule has 0 aliphatic rings. The molecule has 0 spiro atoms. The van der Waals surface area contributed by atoms with Gasteiger partial charge < -0.3 is 14.9 Å². The molecule has 0 aliphatic heterocycles. The van der Waals surface area contributed by atoms with Crippen LogP contribution in [0.1, 0.15) is 77.3 Å². The first kappa shape index (κ1) is 39.6. The van der Waals surface area contributed by atoms with Crippen molar-refractivity contribution in [1.82, 2.24) is 0 Å². The van der Waals surface area contributed by atoms with Gasteiger partial charge in [-0.15, -0.1) is 68.3 Å². The molecule has 48 heavy (non-hydrogen) atoms. The van der Waals surface area contributed by atoms with Crippen molar-refractivity contribution in [3.8, 4) is 22.3 Å². The summed E-state index contributed by atoms with van der Waals surface area (Å²) >= 11 is 0. The van der Waals surface area contributed by atoms with E-state index in [1.165, 1.54) is 106 Å². The van der Waals surface area contributed by atoms with E-state index >= 15 is 0 Å². The molecule has 6 aromatic carbocycles. The average molecular weight is 816 g/mol. The van der Waals surface area contributed by atoms with E-state index in [-0.39, 0.29) is 40.7 Å². The first-order valence-electron chi connectivity index (χ1n) is 17.7. The molecule has 0 N–H and O–H groups in total. The van der Waals surface area contributed by atoms with E-state index in [1.807, 2.05) is 0 Å². The molecule has 0 heterocycles. The monoisotopic (exact) mass is 816 g/mol. The van der Waals surface area contributed by atoms with Crippen molar-refractivity contribution in [2.75, 3.05) is 0 Å². The minimum atomic E-state index is -2.08. The van der Waals surface area contributed by atoms with Crippen LogP contribution in [0.25, 0.3) is 43.8 Å². The molecule has 0 nitrogen and oxygen atoms in total. The van der Waals surface area contributed by atoms with Crippen molar-refractivity contribution in [2.24, 2.45) is 0 Å². The molecule has 0 fully saturated rings. The summed E-state index contributed by atoms with van der Waals surface area (Å²) in [5.41, 5.74) is 8.45. The molecule has 0 atom stereocenters. The maximum absolute atomic E-state index is 2.65. The maximum Gasteiger partial charge on any atom is 4.00 e. The Morgan fingerprint density at radius 3 is 1.27 bits per heavy atom. The molecule has 0 bridgehead atoms. The summed E-state index contributed by atoms with van der Waals surface area (Å²) in [5, 5.41) is 8.98. The van der Waals surface area contributed by atoms with Gasteiger partial charge in [-0.2, -0.15) is 12.1 Å². The van der Waals surface area contributed by atoms with Crippen LogP contribution < -0.4 is 10.4 Å². The van der Waals surface area contributed by atoms with Gasteiger partial charge in [0.05, 0.1) is 8.07 Å². The zero-order chi connectivity index (χ0) is 31.2. The molecule has 0 aromatic heterocycles. The Morgan fingerprint density at radius 1 is 0.479 bits per heavy atom. The molecule has 6 aromatic rings. The van der Waals surface area contributed by atoms with Crippen LogP contribution >= 0.6 is 0 Å². The largest absolute Gasteiger partial charge is 4.00 e. The van der Waals surface area contributed by atoms with E-state index in [0.29, 0.717) is 0 Å². The van der Waals surface area contributed by atoms with Crippen LogP contribution in [0.15, 0.2) is 109 Å². The van der Waals surface area contributed by atoms with Gasteiger partial charge in [0.25, 0.3) is 0 Å². The van der Waals surface area contributed by atoms with Gasteiger partial charge in [-0.05, 0) is 35.1 Å². The zero-order valence-corrected chi connectivity index (χ0v) is 35.1. The Kier molecular flexibility index (Phi) is 15.1. The standard InChI is InChI=1S/C44H50Si.2CH3.Hf/c1-5-9-15-27-45(28-16-10-6-2,37-29-35-21-17-25-41(43(35)31-37)39-23-13-11-19-33(39)7-3)38-30-36-22-18-26-42(44(36)32-38)40-24-14-12-20-34(40)8-4;;;/h11-14,17-26,29-32H,5-10,15-16,27-28H2,1-4H3;2*1H3;/q-2;2*-1;+4. The van der Waals surface area contributed by atoms with Crippen LogP contribution in [0.2, 0.25) is 12.1 Å². The molecular formula is C46H56HfSi. The van der Waals surface area contributed by atoms with Crippen LogP contribution in [-0.2, 0) is 38.7 Å². The molecule has 6 rings (SSSR count). The van der Waals surface area contributed by atoms with E-state index in [9.17, 15) is 0 Å². The zero-order valence-electron chi connectivity index (χ0n) is 30.5. The quantitative estimate of drug-likeness (QED) is 0.0584. The molecule has 0 radical (unpaired) electrons. The van der Waals surface area contributed by atoms with E-state index in [4.69, 9.17) is 0 Å². The van der Waals surface area contributed by atoms with E-state index in [0.717, 1.165) is 12.8 Å². The summed E-state index contributed by atoms with van der Waals surface area (Å²) in [6.07, 6.45) is 9.89. The third-order valence-electron chi connectivity index (χ3n) is 10.4. The van der Waals surface area contributed by atoms with Crippen LogP contribution in [0.3, 0.4) is 0 Å². The van der Waals surface area contributed by atoms with Crippen LogP contribution in [0.5, 0.6) is 0 Å². The fourth-order valence-corrected chi connectivity index (χ4v) is 13.0.